The van der Waals surface area contributed by atoms with Crippen molar-refractivity contribution in [1.82, 2.24) is 24.5 Å². The van der Waals surface area contributed by atoms with Gasteiger partial charge in [0.05, 0.1) is 35.4 Å². The first-order chi connectivity index (χ1) is 15.7. The van der Waals surface area contributed by atoms with Crippen LogP contribution in [0, 0.1) is 6.92 Å². The second-order valence-electron chi connectivity index (χ2n) is 8.14. The van der Waals surface area contributed by atoms with Gasteiger partial charge in [0.25, 0.3) is 5.56 Å². The minimum atomic E-state index is -4.65. The van der Waals surface area contributed by atoms with Gasteiger partial charge in [-0.2, -0.15) is 32.1 Å². The first-order valence-corrected chi connectivity index (χ1v) is 10.6. The van der Waals surface area contributed by atoms with Crippen LogP contribution in [0.2, 0.25) is 0 Å². The molecule has 1 aliphatic rings. The summed E-state index contributed by atoms with van der Waals surface area (Å²) < 4.78 is 68.3. The first-order valence-electron chi connectivity index (χ1n) is 10.6. The molecule has 4 rings (SSSR count). The topological polar surface area (TPSA) is 65.6 Å². The molecule has 1 aliphatic carbocycles. The third-order valence-corrected chi connectivity index (χ3v) is 6.05. The Morgan fingerprint density at radius 3 is 2.55 bits per heavy atom. The highest BCUT2D eigenvalue weighted by Crippen LogP contribution is 2.34. The van der Waals surface area contributed by atoms with Gasteiger partial charge in [0.1, 0.15) is 0 Å². The largest absolute Gasteiger partial charge is 0.418 e. The molecule has 0 amide bonds. The molecule has 0 aromatic carbocycles. The second kappa shape index (κ2) is 9.03. The van der Waals surface area contributed by atoms with E-state index in [0.717, 1.165) is 42.9 Å². The highest BCUT2D eigenvalue weighted by Gasteiger charge is 2.34. The quantitative estimate of drug-likeness (QED) is 0.477. The van der Waals surface area contributed by atoms with Gasteiger partial charge in [0, 0.05) is 17.3 Å². The van der Waals surface area contributed by atoms with Gasteiger partial charge in [-0.1, -0.05) is 19.3 Å². The molecule has 0 radical (unpaired) electrons. The van der Waals surface area contributed by atoms with Gasteiger partial charge in [0.2, 0.25) is 0 Å². The Kier molecular flexibility index (Phi) is 6.31. The van der Waals surface area contributed by atoms with Gasteiger partial charge in [-0.05, 0) is 43.9 Å². The Hall–Kier alpha value is -3.11. The number of nitrogens with zero attached hydrogens (tertiary/aromatic N) is 5. The molecule has 0 bridgehead atoms. The van der Waals surface area contributed by atoms with Gasteiger partial charge in [-0.25, -0.2) is 9.36 Å². The lowest BCUT2D eigenvalue weighted by Gasteiger charge is -2.22. The van der Waals surface area contributed by atoms with Crippen LogP contribution in [0.5, 0.6) is 0 Å². The lowest BCUT2D eigenvalue weighted by Crippen LogP contribution is -2.30. The number of pyridine rings is 1. The maximum atomic E-state index is 13.5. The van der Waals surface area contributed by atoms with Crippen LogP contribution >= 0.6 is 0 Å². The minimum Gasteiger partial charge on any atom is -0.267 e. The van der Waals surface area contributed by atoms with Crippen LogP contribution < -0.4 is 5.56 Å². The van der Waals surface area contributed by atoms with Crippen LogP contribution in [0.25, 0.3) is 11.3 Å². The van der Waals surface area contributed by atoms with Gasteiger partial charge in [-0.3, -0.25) is 9.78 Å². The molecule has 0 N–H and O–H groups in total. The Bertz CT molecular complexity index is 1190. The lowest BCUT2D eigenvalue weighted by atomic mass is 9.84. The molecule has 0 atom stereocenters. The molecule has 6 nitrogen and oxygen atoms in total. The van der Waals surface area contributed by atoms with Gasteiger partial charge in [0.15, 0.2) is 0 Å². The highest BCUT2D eigenvalue weighted by atomic mass is 19.4. The van der Waals surface area contributed by atoms with Crippen molar-refractivity contribution in [1.29, 1.82) is 0 Å². The Morgan fingerprint density at radius 1 is 1.18 bits per heavy atom. The summed E-state index contributed by atoms with van der Waals surface area (Å²) in [6.45, 7) is -1.90. The number of halogens is 5. The monoisotopic (exact) mass is 467 g/mol. The number of rotatable bonds is 5. The van der Waals surface area contributed by atoms with Crippen molar-refractivity contribution >= 4 is 0 Å². The van der Waals surface area contributed by atoms with Crippen LogP contribution in [0.4, 0.5) is 22.0 Å². The molecule has 0 unspecified atom stereocenters. The smallest absolute Gasteiger partial charge is 0.267 e. The molecule has 33 heavy (non-hydrogen) atoms. The van der Waals surface area contributed by atoms with Crippen molar-refractivity contribution in [2.24, 2.45) is 0 Å². The number of hydrogen-bond donors (Lipinski definition) is 0. The van der Waals surface area contributed by atoms with E-state index in [2.05, 4.69) is 15.2 Å². The standard InChI is InChI=1S/C22H22F5N5O/c1-13-16(11-29-32(13)21(23)24)18-10-15(14-6-3-2-4-7-14)20(33)31(30-18)12-19-17(22(25,26)27)8-5-9-28-19/h5,8-11,14,21H,2-4,6-7,12H2,1H3. The molecule has 0 aliphatic heterocycles. The SMILES string of the molecule is Cc1c(-c2cc(C3CCCCC3)c(=O)n(Cc3ncccc3C(F)(F)F)n2)cnn1C(F)F. The number of hydrogen-bond acceptors (Lipinski definition) is 4. The van der Waals surface area contributed by atoms with Crippen LogP contribution in [0.1, 0.15) is 67.1 Å². The van der Waals surface area contributed by atoms with Gasteiger partial charge in [-0.15, -0.1) is 0 Å². The van der Waals surface area contributed by atoms with E-state index in [9.17, 15) is 26.7 Å². The van der Waals surface area contributed by atoms with Crippen LogP contribution in [0.3, 0.4) is 0 Å². The van der Waals surface area contributed by atoms with E-state index in [0.29, 0.717) is 10.2 Å². The predicted octanol–water partition coefficient (Wildman–Crippen LogP) is 5.32. The van der Waals surface area contributed by atoms with E-state index in [1.54, 1.807) is 6.07 Å². The fourth-order valence-corrected chi connectivity index (χ4v) is 4.34. The fraction of sp³-hybridized carbons (Fsp3) is 0.455. The average Bonchev–Trinajstić information content (AvgIpc) is 3.17. The number of alkyl halides is 5. The molecule has 0 saturated heterocycles. The lowest BCUT2D eigenvalue weighted by molar-refractivity contribution is -0.138. The molecule has 1 saturated carbocycles. The zero-order valence-corrected chi connectivity index (χ0v) is 17.8. The molecular formula is C22H22F5N5O. The van der Waals surface area contributed by atoms with Crippen LogP contribution in [0.15, 0.2) is 35.4 Å². The molecule has 3 aromatic rings. The number of aromatic nitrogens is 5. The molecule has 3 aromatic heterocycles. The summed E-state index contributed by atoms with van der Waals surface area (Å²) in [7, 11) is 0. The maximum Gasteiger partial charge on any atom is 0.418 e. The molecule has 1 fully saturated rings. The summed E-state index contributed by atoms with van der Waals surface area (Å²) in [6.07, 6.45) is 2.25. The fourth-order valence-electron chi connectivity index (χ4n) is 4.34. The Labute approximate surface area is 186 Å². The summed E-state index contributed by atoms with van der Waals surface area (Å²) in [6, 6.07) is 3.64. The summed E-state index contributed by atoms with van der Waals surface area (Å²) in [5.74, 6) is -0.0736. The van der Waals surface area contributed by atoms with Crippen LogP contribution in [-0.4, -0.2) is 24.5 Å². The molecule has 176 valence electrons. The summed E-state index contributed by atoms with van der Waals surface area (Å²) in [5.41, 5.74) is -0.721. The second-order valence-corrected chi connectivity index (χ2v) is 8.14. The van der Waals surface area contributed by atoms with E-state index < -0.39 is 30.4 Å². The summed E-state index contributed by atoms with van der Waals surface area (Å²) in [5, 5.41) is 7.94. The van der Waals surface area contributed by atoms with E-state index >= 15 is 0 Å². The van der Waals surface area contributed by atoms with Crippen molar-refractivity contribution in [3.63, 3.8) is 0 Å². The van der Waals surface area contributed by atoms with Gasteiger partial charge >= 0.3 is 12.7 Å². The van der Waals surface area contributed by atoms with Crippen molar-refractivity contribution in [2.45, 2.75) is 64.2 Å². The van der Waals surface area contributed by atoms with Crippen molar-refractivity contribution in [2.75, 3.05) is 0 Å². The molecular weight excluding hydrogens is 445 g/mol. The molecule has 3 heterocycles. The zero-order valence-electron chi connectivity index (χ0n) is 17.8. The van der Waals surface area contributed by atoms with Gasteiger partial charge < -0.3 is 0 Å². The zero-order chi connectivity index (χ0) is 23.8. The molecule has 0 spiro atoms. The van der Waals surface area contributed by atoms with Crippen molar-refractivity contribution in [3.05, 3.63) is 63.5 Å². The van der Waals surface area contributed by atoms with Crippen molar-refractivity contribution < 1.29 is 22.0 Å². The van der Waals surface area contributed by atoms with Crippen LogP contribution in [-0.2, 0) is 12.7 Å². The van der Waals surface area contributed by atoms with E-state index in [4.69, 9.17) is 0 Å². The highest BCUT2D eigenvalue weighted by molar-refractivity contribution is 5.61. The van der Waals surface area contributed by atoms with E-state index in [-0.39, 0.29) is 28.6 Å². The third-order valence-electron chi connectivity index (χ3n) is 6.05. The van der Waals surface area contributed by atoms with Crippen molar-refractivity contribution in [3.8, 4) is 11.3 Å². The molecule has 11 heteroatoms. The third kappa shape index (κ3) is 4.67. The summed E-state index contributed by atoms with van der Waals surface area (Å²) >= 11 is 0. The van der Waals surface area contributed by atoms with E-state index in [1.807, 2.05) is 0 Å². The average molecular weight is 467 g/mol. The Morgan fingerprint density at radius 2 is 1.91 bits per heavy atom. The normalized spacial score (nSPS) is 15.4. The predicted molar refractivity (Wildman–Crippen MR) is 110 cm³/mol. The van der Waals surface area contributed by atoms with E-state index in [1.165, 1.54) is 25.4 Å². The maximum absolute atomic E-state index is 13.5. The summed E-state index contributed by atoms with van der Waals surface area (Å²) in [4.78, 5) is 17.1. The first kappa shape index (κ1) is 23.1. The Balaban J connectivity index is 1.85. The minimum absolute atomic E-state index is 0.0736.